The molecule has 2 amide bonds. The van der Waals surface area contributed by atoms with Gasteiger partial charge in [0.25, 0.3) is 0 Å². The Bertz CT molecular complexity index is 1020. The highest BCUT2D eigenvalue weighted by atomic mass is 16.5. The molecule has 3 aromatic rings. The number of hydrogen-bond donors (Lipinski definition) is 1. The molecule has 4 rings (SSSR count). The zero-order chi connectivity index (χ0) is 21.1. The summed E-state index contributed by atoms with van der Waals surface area (Å²) in [5, 5.41) is 3.11. The molecule has 1 aromatic heterocycles. The number of rotatable bonds is 5. The average Bonchev–Trinajstić information content (AvgIpc) is 3.32. The van der Waals surface area contributed by atoms with Gasteiger partial charge in [0.05, 0.1) is 26.6 Å². The van der Waals surface area contributed by atoms with Crippen LogP contribution in [0.4, 0.5) is 4.79 Å². The van der Waals surface area contributed by atoms with Crippen LogP contribution in [0, 0.1) is 0 Å². The number of hydrogen-bond acceptors (Lipinski definition) is 4. The summed E-state index contributed by atoms with van der Waals surface area (Å²) in [5.41, 5.74) is 4.37. The molecule has 156 valence electrons. The van der Waals surface area contributed by atoms with E-state index in [1.54, 1.807) is 26.7 Å². The third-order valence-electron chi connectivity index (χ3n) is 5.54. The molecule has 0 spiro atoms. The van der Waals surface area contributed by atoms with Crippen molar-refractivity contribution in [1.82, 2.24) is 19.8 Å². The summed E-state index contributed by atoms with van der Waals surface area (Å²) in [7, 11) is 3.26. The molecule has 0 bridgehead atoms. The zero-order valence-corrected chi connectivity index (χ0v) is 17.5. The highest BCUT2D eigenvalue weighted by Crippen LogP contribution is 2.33. The molecule has 30 heavy (non-hydrogen) atoms. The molecule has 1 aliphatic rings. The maximum absolute atomic E-state index is 12.9. The molecule has 0 radical (unpaired) electrons. The second-order valence-electron chi connectivity index (χ2n) is 7.38. The fourth-order valence-electron chi connectivity index (χ4n) is 3.76. The number of amides is 2. The SMILES string of the molecule is COc1cc2c(cc1OC)CN(C(=O)NC(C)c1ccc(-n3ccnc3)cc1)CC2. The van der Waals surface area contributed by atoms with Crippen molar-refractivity contribution in [2.45, 2.75) is 25.9 Å². The molecule has 1 atom stereocenters. The Kier molecular flexibility index (Phi) is 5.61. The first kappa shape index (κ1) is 19.8. The number of urea groups is 1. The van der Waals surface area contributed by atoms with E-state index < -0.39 is 0 Å². The number of aromatic nitrogens is 2. The van der Waals surface area contributed by atoms with Gasteiger partial charge in [-0.3, -0.25) is 0 Å². The van der Waals surface area contributed by atoms with Crippen molar-refractivity contribution < 1.29 is 14.3 Å². The van der Waals surface area contributed by atoms with Crippen LogP contribution >= 0.6 is 0 Å². The molecule has 2 aromatic carbocycles. The summed E-state index contributed by atoms with van der Waals surface area (Å²) in [4.78, 5) is 18.8. The average molecular weight is 406 g/mol. The van der Waals surface area contributed by atoms with Crippen LogP contribution in [0.5, 0.6) is 11.5 Å². The first-order chi connectivity index (χ1) is 14.6. The van der Waals surface area contributed by atoms with Crippen molar-refractivity contribution in [2.24, 2.45) is 0 Å². The van der Waals surface area contributed by atoms with E-state index in [9.17, 15) is 4.79 Å². The normalized spacial score (nSPS) is 14.0. The number of nitrogens with one attached hydrogen (secondary N) is 1. The van der Waals surface area contributed by atoms with E-state index in [-0.39, 0.29) is 12.1 Å². The molecule has 7 nitrogen and oxygen atoms in total. The first-order valence-corrected chi connectivity index (χ1v) is 9.96. The minimum atomic E-state index is -0.0962. The topological polar surface area (TPSA) is 68.6 Å². The van der Waals surface area contributed by atoms with Gasteiger partial charge in [-0.25, -0.2) is 9.78 Å². The van der Waals surface area contributed by atoms with Gasteiger partial charge in [0, 0.05) is 31.2 Å². The summed E-state index contributed by atoms with van der Waals surface area (Å²) in [6.45, 7) is 3.21. The molecule has 0 aliphatic carbocycles. The minimum absolute atomic E-state index is 0.0679. The molecular weight excluding hydrogens is 380 g/mol. The summed E-state index contributed by atoms with van der Waals surface area (Å²) < 4.78 is 12.7. The van der Waals surface area contributed by atoms with E-state index in [1.807, 2.05) is 59.0 Å². The lowest BCUT2D eigenvalue weighted by Crippen LogP contribution is -2.43. The van der Waals surface area contributed by atoms with Crippen molar-refractivity contribution in [2.75, 3.05) is 20.8 Å². The van der Waals surface area contributed by atoms with Crippen molar-refractivity contribution in [3.8, 4) is 17.2 Å². The molecule has 1 N–H and O–H groups in total. The van der Waals surface area contributed by atoms with Crippen LogP contribution in [-0.2, 0) is 13.0 Å². The maximum atomic E-state index is 12.9. The number of carbonyl (C=O) groups excluding carboxylic acids is 1. The molecule has 2 heterocycles. The van der Waals surface area contributed by atoms with Gasteiger partial charge < -0.3 is 24.3 Å². The van der Waals surface area contributed by atoms with E-state index >= 15 is 0 Å². The number of nitrogens with zero attached hydrogens (tertiary/aromatic N) is 3. The number of fused-ring (bicyclic) bond motifs is 1. The summed E-state index contributed by atoms with van der Waals surface area (Å²) in [6.07, 6.45) is 6.20. The number of imidazole rings is 1. The van der Waals surface area contributed by atoms with Crippen LogP contribution < -0.4 is 14.8 Å². The second kappa shape index (κ2) is 8.49. The van der Waals surface area contributed by atoms with E-state index in [2.05, 4.69) is 10.3 Å². The largest absolute Gasteiger partial charge is 0.493 e. The predicted molar refractivity (Wildman–Crippen MR) is 114 cm³/mol. The quantitative estimate of drug-likeness (QED) is 0.701. The molecule has 0 saturated carbocycles. The number of ether oxygens (including phenoxy) is 2. The standard InChI is InChI=1S/C23H26N4O3/c1-16(17-4-6-20(7-5-17)27-11-9-24-15-27)25-23(28)26-10-8-18-12-21(29-2)22(30-3)13-19(18)14-26/h4-7,9,11-13,15-16H,8,10,14H2,1-3H3,(H,25,28). The van der Waals surface area contributed by atoms with Gasteiger partial charge in [-0.15, -0.1) is 0 Å². The monoisotopic (exact) mass is 406 g/mol. The summed E-state index contributed by atoms with van der Waals surface area (Å²) >= 11 is 0. The van der Waals surface area contributed by atoms with Crippen LogP contribution in [0.1, 0.15) is 29.7 Å². The highest BCUT2D eigenvalue weighted by molar-refractivity contribution is 5.75. The van der Waals surface area contributed by atoms with Crippen LogP contribution in [0.3, 0.4) is 0 Å². The summed E-state index contributed by atoms with van der Waals surface area (Å²) in [6, 6.07) is 11.9. The fraction of sp³-hybridized carbons (Fsp3) is 0.304. The Balaban J connectivity index is 1.42. The van der Waals surface area contributed by atoms with Gasteiger partial charge in [0.15, 0.2) is 11.5 Å². The second-order valence-corrected chi connectivity index (χ2v) is 7.38. The number of carbonyl (C=O) groups is 1. The molecular formula is C23H26N4O3. The van der Waals surface area contributed by atoms with Gasteiger partial charge >= 0.3 is 6.03 Å². The molecule has 1 unspecified atom stereocenters. The minimum Gasteiger partial charge on any atom is -0.493 e. The lowest BCUT2D eigenvalue weighted by molar-refractivity contribution is 0.189. The smallest absolute Gasteiger partial charge is 0.318 e. The van der Waals surface area contributed by atoms with E-state index in [0.29, 0.717) is 18.8 Å². The fourth-order valence-corrected chi connectivity index (χ4v) is 3.76. The molecule has 1 aliphatic heterocycles. The molecule has 0 saturated heterocycles. The third kappa shape index (κ3) is 3.96. The van der Waals surface area contributed by atoms with Gasteiger partial charge in [-0.1, -0.05) is 12.1 Å². The van der Waals surface area contributed by atoms with Crippen LogP contribution in [0.25, 0.3) is 5.69 Å². The third-order valence-corrected chi connectivity index (χ3v) is 5.54. The van der Waals surface area contributed by atoms with Crippen LogP contribution in [-0.4, -0.2) is 41.2 Å². The number of benzene rings is 2. The van der Waals surface area contributed by atoms with Crippen LogP contribution in [0.2, 0.25) is 0 Å². The van der Waals surface area contributed by atoms with E-state index in [4.69, 9.17) is 9.47 Å². The Morgan fingerprint density at radius 2 is 1.80 bits per heavy atom. The van der Waals surface area contributed by atoms with Crippen molar-refractivity contribution in [1.29, 1.82) is 0 Å². The maximum Gasteiger partial charge on any atom is 0.318 e. The summed E-state index contributed by atoms with van der Waals surface area (Å²) in [5.74, 6) is 1.41. The van der Waals surface area contributed by atoms with Crippen molar-refractivity contribution in [3.63, 3.8) is 0 Å². The molecule has 7 heteroatoms. The first-order valence-electron chi connectivity index (χ1n) is 9.96. The van der Waals surface area contributed by atoms with Crippen molar-refractivity contribution >= 4 is 6.03 Å². The van der Waals surface area contributed by atoms with E-state index in [1.165, 1.54) is 5.56 Å². The Labute approximate surface area is 176 Å². The highest BCUT2D eigenvalue weighted by Gasteiger charge is 2.24. The van der Waals surface area contributed by atoms with Crippen LogP contribution in [0.15, 0.2) is 55.1 Å². The lowest BCUT2D eigenvalue weighted by atomic mass is 9.99. The Hall–Kier alpha value is -3.48. The Morgan fingerprint density at radius 1 is 1.10 bits per heavy atom. The van der Waals surface area contributed by atoms with E-state index in [0.717, 1.165) is 29.0 Å². The van der Waals surface area contributed by atoms with Gasteiger partial charge in [-0.05, 0) is 54.3 Å². The Morgan fingerprint density at radius 3 is 2.43 bits per heavy atom. The van der Waals surface area contributed by atoms with Crippen molar-refractivity contribution in [3.05, 3.63) is 71.8 Å². The lowest BCUT2D eigenvalue weighted by Gasteiger charge is -2.31. The van der Waals surface area contributed by atoms with Gasteiger partial charge in [-0.2, -0.15) is 0 Å². The number of methoxy groups -OCH3 is 2. The molecule has 0 fully saturated rings. The van der Waals surface area contributed by atoms with Gasteiger partial charge in [0.2, 0.25) is 0 Å². The zero-order valence-electron chi connectivity index (χ0n) is 17.5. The predicted octanol–water partition coefficient (Wildman–Crippen LogP) is 3.72. The van der Waals surface area contributed by atoms with Gasteiger partial charge in [0.1, 0.15) is 0 Å².